The van der Waals surface area contributed by atoms with Crippen molar-refractivity contribution < 1.29 is 4.79 Å². The van der Waals surface area contributed by atoms with Crippen LogP contribution in [0.3, 0.4) is 0 Å². The van der Waals surface area contributed by atoms with Crippen molar-refractivity contribution in [2.45, 2.75) is 33.7 Å². The number of benzene rings is 1. The predicted molar refractivity (Wildman–Crippen MR) is 75.3 cm³/mol. The number of nitrogens with zero attached hydrogens (tertiary/aromatic N) is 1. The van der Waals surface area contributed by atoms with E-state index in [1.54, 1.807) is 12.1 Å². The van der Waals surface area contributed by atoms with Crippen molar-refractivity contribution in [2.75, 3.05) is 12.0 Å². The number of rotatable bonds is 5. The number of para-hydroxylation sites is 1. The molecule has 3 N–H and O–H groups in total. The van der Waals surface area contributed by atoms with Gasteiger partial charge in [0.25, 0.3) is 5.91 Å². The highest BCUT2D eigenvalue weighted by molar-refractivity contribution is 5.99. The summed E-state index contributed by atoms with van der Waals surface area (Å²) < 4.78 is 0. The number of carbonyl (C=O) groups excluding carboxylic acids is 1. The summed E-state index contributed by atoms with van der Waals surface area (Å²) >= 11 is 0. The van der Waals surface area contributed by atoms with Gasteiger partial charge in [-0.1, -0.05) is 26.0 Å². The summed E-state index contributed by atoms with van der Waals surface area (Å²) in [5, 5.41) is 0. The Morgan fingerprint density at radius 1 is 1.28 bits per heavy atom. The summed E-state index contributed by atoms with van der Waals surface area (Å²) in [7, 11) is 0. The number of amides is 1. The van der Waals surface area contributed by atoms with Gasteiger partial charge in [0.1, 0.15) is 0 Å². The Hall–Kier alpha value is -1.55. The standard InChI is InChI=1S/C14H23N3O/c1-10(2)9-17(11(3)4)14(18)12-7-5-6-8-13(12)16-15/h5-8,10-11,16H,9,15H2,1-4H3. The van der Waals surface area contributed by atoms with E-state index in [0.29, 0.717) is 17.2 Å². The van der Waals surface area contributed by atoms with Gasteiger partial charge in [0, 0.05) is 12.6 Å². The number of hydrogen-bond donors (Lipinski definition) is 2. The van der Waals surface area contributed by atoms with E-state index in [1.165, 1.54) is 0 Å². The van der Waals surface area contributed by atoms with Crippen LogP contribution >= 0.6 is 0 Å². The first-order valence-corrected chi connectivity index (χ1v) is 6.34. The van der Waals surface area contributed by atoms with Gasteiger partial charge in [0.15, 0.2) is 0 Å². The topological polar surface area (TPSA) is 58.4 Å². The molecule has 0 spiro atoms. The number of nitrogens with two attached hydrogens (primary N) is 1. The zero-order valence-corrected chi connectivity index (χ0v) is 11.6. The molecule has 0 atom stereocenters. The molecular formula is C14H23N3O. The van der Waals surface area contributed by atoms with E-state index in [4.69, 9.17) is 5.84 Å². The minimum atomic E-state index is 0.0206. The third-order valence-corrected chi connectivity index (χ3v) is 2.76. The lowest BCUT2D eigenvalue weighted by Crippen LogP contribution is -2.39. The lowest BCUT2D eigenvalue weighted by atomic mass is 10.1. The van der Waals surface area contributed by atoms with Crippen molar-refractivity contribution in [3.05, 3.63) is 29.8 Å². The van der Waals surface area contributed by atoms with E-state index < -0.39 is 0 Å². The summed E-state index contributed by atoms with van der Waals surface area (Å²) in [5.41, 5.74) is 3.86. The fourth-order valence-electron chi connectivity index (χ4n) is 1.87. The Kier molecular flexibility index (Phi) is 5.16. The molecule has 0 aliphatic carbocycles. The molecule has 0 fully saturated rings. The van der Waals surface area contributed by atoms with E-state index >= 15 is 0 Å². The van der Waals surface area contributed by atoms with Crippen LogP contribution in [-0.4, -0.2) is 23.4 Å². The molecule has 100 valence electrons. The Morgan fingerprint density at radius 2 is 1.89 bits per heavy atom. The molecule has 0 radical (unpaired) electrons. The summed E-state index contributed by atoms with van der Waals surface area (Å²) in [6, 6.07) is 7.48. The molecule has 0 aliphatic heterocycles. The number of nitrogen functional groups attached to an aromatic ring is 1. The maximum atomic E-state index is 12.5. The van der Waals surface area contributed by atoms with Crippen molar-refractivity contribution in [3.8, 4) is 0 Å². The van der Waals surface area contributed by atoms with Crippen molar-refractivity contribution in [2.24, 2.45) is 11.8 Å². The molecule has 18 heavy (non-hydrogen) atoms. The molecule has 1 amide bonds. The van der Waals surface area contributed by atoms with Gasteiger partial charge in [-0.15, -0.1) is 0 Å². The van der Waals surface area contributed by atoms with Crippen molar-refractivity contribution >= 4 is 11.6 Å². The van der Waals surface area contributed by atoms with Crippen LogP contribution < -0.4 is 11.3 Å². The van der Waals surface area contributed by atoms with Gasteiger partial charge in [-0.3, -0.25) is 10.6 Å². The van der Waals surface area contributed by atoms with Crippen molar-refractivity contribution in [1.82, 2.24) is 4.90 Å². The first-order chi connectivity index (χ1) is 8.47. The second-order valence-electron chi connectivity index (χ2n) is 5.14. The Labute approximate surface area is 109 Å². The third-order valence-electron chi connectivity index (χ3n) is 2.76. The molecular weight excluding hydrogens is 226 g/mol. The van der Waals surface area contributed by atoms with Gasteiger partial charge in [-0.25, -0.2) is 0 Å². The first-order valence-electron chi connectivity index (χ1n) is 6.34. The molecule has 0 heterocycles. The second-order valence-corrected chi connectivity index (χ2v) is 5.14. The van der Waals surface area contributed by atoms with E-state index in [9.17, 15) is 4.79 Å². The van der Waals surface area contributed by atoms with Crippen LogP contribution in [0.25, 0.3) is 0 Å². The molecule has 0 saturated heterocycles. The number of anilines is 1. The Bertz CT molecular complexity index is 402. The van der Waals surface area contributed by atoms with Gasteiger partial charge in [-0.05, 0) is 31.9 Å². The molecule has 0 saturated carbocycles. The van der Waals surface area contributed by atoms with Crippen molar-refractivity contribution in [1.29, 1.82) is 0 Å². The van der Waals surface area contributed by atoms with E-state index in [2.05, 4.69) is 19.3 Å². The summed E-state index contributed by atoms with van der Waals surface area (Å²) in [5.74, 6) is 5.91. The van der Waals surface area contributed by atoms with Crippen LogP contribution in [0.4, 0.5) is 5.69 Å². The summed E-state index contributed by atoms with van der Waals surface area (Å²) in [4.78, 5) is 14.4. The smallest absolute Gasteiger partial charge is 0.256 e. The number of hydrogen-bond acceptors (Lipinski definition) is 3. The molecule has 1 aromatic carbocycles. The molecule has 4 nitrogen and oxygen atoms in total. The highest BCUT2D eigenvalue weighted by Crippen LogP contribution is 2.18. The lowest BCUT2D eigenvalue weighted by Gasteiger charge is -2.29. The SMILES string of the molecule is CC(C)CN(C(=O)c1ccccc1NN)C(C)C. The van der Waals surface area contributed by atoms with Crippen LogP contribution in [0.5, 0.6) is 0 Å². The largest absolute Gasteiger partial charge is 0.336 e. The summed E-state index contributed by atoms with van der Waals surface area (Å²) in [6.45, 7) is 9.01. The number of hydrazine groups is 1. The maximum absolute atomic E-state index is 12.5. The van der Waals surface area contributed by atoms with Gasteiger partial charge in [-0.2, -0.15) is 0 Å². The molecule has 0 aliphatic rings. The van der Waals surface area contributed by atoms with E-state index in [-0.39, 0.29) is 11.9 Å². The molecule has 0 bridgehead atoms. The average molecular weight is 249 g/mol. The summed E-state index contributed by atoms with van der Waals surface area (Å²) in [6.07, 6.45) is 0. The highest BCUT2D eigenvalue weighted by atomic mass is 16.2. The van der Waals surface area contributed by atoms with Gasteiger partial charge in [0.05, 0.1) is 11.3 Å². The predicted octanol–water partition coefficient (Wildman–Crippen LogP) is 2.48. The lowest BCUT2D eigenvalue weighted by molar-refractivity contribution is 0.0683. The van der Waals surface area contributed by atoms with Crippen LogP contribution in [0.2, 0.25) is 0 Å². The van der Waals surface area contributed by atoms with Crippen LogP contribution in [0.1, 0.15) is 38.1 Å². The Morgan fingerprint density at radius 3 is 2.39 bits per heavy atom. The molecule has 1 rings (SSSR count). The van der Waals surface area contributed by atoms with E-state index in [1.807, 2.05) is 30.9 Å². The third kappa shape index (κ3) is 3.47. The Balaban J connectivity index is 3.02. The van der Waals surface area contributed by atoms with Gasteiger partial charge >= 0.3 is 0 Å². The molecule has 0 unspecified atom stereocenters. The van der Waals surface area contributed by atoms with Crippen molar-refractivity contribution in [3.63, 3.8) is 0 Å². The maximum Gasteiger partial charge on any atom is 0.256 e. The number of carbonyl (C=O) groups is 1. The van der Waals surface area contributed by atoms with Crippen LogP contribution in [0.15, 0.2) is 24.3 Å². The van der Waals surface area contributed by atoms with Crippen LogP contribution in [0, 0.1) is 5.92 Å². The fraction of sp³-hybridized carbons (Fsp3) is 0.500. The molecule has 0 aromatic heterocycles. The zero-order valence-electron chi connectivity index (χ0n) is 11.6. The monoisotopic (exact) mass is 249 g/mol. The normalized spacial score (nSPS) is 10.8. The fourth-order valence-corrected chi connectivity index (χ4v) is 1.87. The van der Waals surface area contributed by atoms with Gasteiger partial charge < -0.3 is 10.3 Å². The zero-order chi connectivity index (χ0) is 13.7. The van der Waals surface area contributed by atoms with Gasteiger partial charge in [0.2, 0.25) is 0 Å². The molecule has 4 heteroatoms. The highest BCUT2D eigenvalue weighted by Gasteiger charge is 2.21. The average Bonchev–Trinajstić information content (AvgIpc) is 2.34. The number of nitrogens with one attached hydrogen (secondary N) is 1. The van der Waals surface area contributed by atoms with Crippen LogP contribution in [-0.2, 0) is 0 Å². The van der Waals surface area contributed by atoms with E-state index in [0.717, 1.165) is 6.54 Å². The molecule has 1 aromatic rings. The second kappa shape index (κ2) is 6.40. The minimum Gasteiger partial charge on any atom is -0.336 e. The quantitative estimate of drug-likeness (QED) is 0.622. The first kappa shape index (κ1) is 14.5. The minimum absolute atomic E-state index is 0.0206.